The molecule has 0 aliphatic carbocycles. The molecule has 0 spiro atoms. The van der Waals surface area contributed by atoms with Crippen molar-refractivity contribution in [2.45, 2.75) is 36.9 Å². The third-order valence-electron chi connectivity index (χ3n) is 2.51. The van der Waals surface area contributed by atoms with Gasteiger partial charge in [0.15, 0.2) is 0 Å². The third-order valence-corrected chi connectivity index (χ3v) is 2.51. The maximum absolute atomic E-state index is 10.1. The van der Waals surface area contributed by atoms with Gasteiger partial charge in [-0.2, -0.15) is 0 Å². The summed E-state index contributed by atoms with van der Waals surface area (Å²) >= 11 is 0. The van der Waals surface area contributed by atoms with Gasteiger partial charge in [-0.1, -0.05) is 0 Å². The van der Waals surface area contributed by atoms with E-state index in [4.69, 9.17) is 10.2 Å². The molecule has 16 N–H and O–H groups in total. The minimum absolute atomic E-state index is 0. The van der Waals surface area contributed by atoms with Gasteiger partial charge >= 0.3 is 147 Å². The maximum Gasteiger partial charge on any atom is 2.00 e. The second-order valence-corrected chi connectivity index (χ2v) is 4.83. The number of aliphatic carboxylic acids is 6. The van der Waals surface area contributed by atoms with E-state index in [-0.39, 0.29) is 185 Å². The van der Waals surface area contributed by atoms with E-state index in [0.717, 1.165) is 0 Å². The van der Waals surface area contributed by atoms with Crippen LogP contribution in [0.5, 0.6) is 0 Å². The van der Waals surface area contributed by atoms with Crippen molar-refractivity contribution >= 4 is 182 Å². The molecule has 0 atom stereocenters. The van der Waals surface area contributed by atoms with Crippen LogP contribution in [0.3, 0.4) is 0 Å². The monoisotopic (exact) mass is 918 g/mol. The molecule has 0 saturated carbocycles. The van der Waals surface area contributed by atoms with Gasteiger partial charge < -0.3 is 108 Å². The molecule has 0 rings (SSSR count). The van der Waals surface area contributed by atoms with E-state index in [1.54, 1.807) is 0 Å². The Labute approximate surface area is 321 Å². The molecular formula is C12H24Ba3O21. The fourth-order valence-corrected chi connectivity index (χ4v) is 1.37. The SMILES string of the molecule is O.O.O.O.O.O.O.O=C([O-])CC(O)(CC(=O)[O-])C(=O)[O-].O=C([O-])CC(O)(CC(=O)[O-])C(=O)[O-].[Ba+2].[Ba+2].[Ba+2]. The summed E-state index contributed by atoms with van der Waals surface area (Å²) in [5, 5.41) is 77.9. The summed E-state index contributed by atoms with van der Waals surface area (Å²) in [5.74, 6) is -12.0. The Hall–Kier alpha value is 1.17. The average Bonchev–Trinajstić information content (AvgIpc) is 2.34. The van der Waals surface area contributed by atoms with Crippen molar-refractivity contribution in [1.82, 2.24) is 0 Å². The molecule has 0 fully saturated rings. The standard InChI is InChI=1S/2C6H8O7.3Ba.7H2O/c2*7-3(8)1-6(13,5(11)12)2-4(9)10;;;;;;;;;;/h2*13H,1-2H2,(H,7,8)(H,9,10)(H,11,12);;;;7*1H2/q;;3*+2;;;;;;;/p-6. The van der Waals surface area contributed by atoms with Crippen molar-refractivity contribution in [3.63, 3.8) is 0 Å². The van der Waals surface area contributed by atoms with Crippen LogP contribution in [-0.2, 0) is 28.8 Å². The first-order chi connectivity index (χ1) is 11.6. The van der Waals surface area contributed by atoms with Gasteiger partial charge in [0.05, 0.1) is 11.9 Å². The van der Waals surface area contributed by atoms with E-state index in [1.807, 2.05) is 0 Å². The van der Waals surface area contributed by atoms with Crippen LogP contribution in [0.25, 0.3) is 0 Å². The summed E-state index contributed by atoms with van der Waals surface area (Å²) in [5.41, 5.74) is -5.95. The quantitative estimate of drug-likeness (QED) is 0.192. The zero-order valence-electron chi connectivity index (χ0n) is 18.2. The number of carboxylic acids is 6. The van der Waals surface area contributed by atoms with Gasteiger partial charge in [0.2, 0.25) is 0 Å². The fraction of sp³-hybridized carbons (Fsp3) is 0.500. The van der Waals surface area contributed by atoms with E-state index in [1.165, 1.54) is 0 Å². The molecule has 0 heterocycles. The first-order valence-corrected chi connectivity index (χ1v) is 6.23. The normalized spacial score (nSPS) is 7.83. The van der Waals surface area contributed by atoms with Crippen LogP contribution >= 0.6 is 0 Å². The van der Waals surface area contributed by atoms with E-state index in [9.17, 15) is 59.4 Å². The number of hydrogen-bond donors (Lipinski definition) is 2. The molecule has 204 valence electrons. The Morgan fingerprint density at radius 3 is 0.583 bits per heavy atom. The van der Waals surface area contributed by atoms with E-state index in [0.29, 0.717) is 0 Å². The fourth-order valence-electron chi connectivity index (χ4n) is 1.37. The van der Waals surface area contributed by atoms with Gasteiger partial charge in [-0.15, -0.1) is 0 Å². The summed E-state index contributed by atoms with van der Waals surface area (Å²) < 4.78 is 0. The smallest absolute Gasteiger partial charge is 0.550 e. The number of rotatable bonds is 10. The molecule has 0 aromatic rings. The predicted octanol–water partition coefficient (Wildman–Crippen LogP) is -17.4. The van der Waals surface area contributed by atoms with Gasteiger partial charge in [0, 0.05) is 49.6 Å². The van der Waals surface area contributed by atoms with E-state index >= 15 is 0 Å². The Morgan fingerprint density at radius 2 is 0.528 bits per heavy atom. The van der Waals surface area contributed by atoms with Crippen molar-refractivity contribution in [1.29, 1.82) is 0 Å². The van der Waals surface area contributed by atoms with Crippen LogP contribution in [0.15, 0.2) is 0 Å². The van der Waals surface area contributed by atoms with Crippen molar-refractivity contribution in [3.8, 4) is 0 Å². The minimum Gasteiger partial charge on any atom is -0.550 e. The van der Waals surface area contributed by atoms with Gasteiger partial charge in [0.25, 0.3) is 0 Å². The van der Waals surface area contributed by atoms with Crippen LogP contribution in [0.1, 0.15) is 25.7 Å². The van der Waals surface area contributed by atoms with Crippen LogP contribution in [0.4, 0.5) is 0 Å². The predicted molar refractivity (Wildman–Crippen MR) is 101 cm³/mol. The summed E-state index contributed by atoms with van der Waals surface area (Å²) in [4.78, 5) is 60.0. The van der Waals surface area contributed by atoms with Crippen molar-refractivity contribution in [2.75, 3.05) is 0 Å². The molecule has 0 unspecified atom stereocenters. The second kappa shape index (κ2) is 36.2. The molecule has 21 nitrogen and oxygen atoms in total. The minimum atomic E-state index is -2.97. The first-order valence-electron chi connectivity index (χ1n) is 6.23. The number of aliphatic hydroxyl groups is 2. The van der Waals surface area contributed by atoms with E-state index in [2.05, 4.69) is 0 Å². The summed E-state index contributed by atoms with van der Waals surface area (Å²) in [7, 11) is 0. The van der Waals surface area contributed by atoms with Gasteiger partial charge in [0.1, 0.15) is 11.2 Å². The molecule has 0 aliphatic rings. The molecule has 0 bridgehead atoms. The van der Waals surface area contributed by atoms with Crippen LogP contribution in [0, 0.1) is 0 Å². The van der Waals surface area contributed by atoms with Crippen molar-refractivity contribution in [2.24, 2.45) is 0 Å². The Kier molecular flexibility index (Phi) is 77.1. The van der Waals surface area contributed by atoms with Crippen LogP contribution < -0.4 is 30.6 Å². The molecular weight excluding hydrogens is 892 g/mol. The average molecular weight is 916 g/mol. The molecule has 0 radical (unpaired) electrons. The molecule has 0 amide bonds. The molecule has 0 aromatic carbocycles. The van der Waals surface area contributed by atoms with Gasteiger partial charge in [-0.05, 0) is 0 Å². The Bertz CT molecular complexity index is 527. The molecule has 0 aromatic heterocycles. The van der Waals surface area contributed by atoms with Crippen LogP contribution in [0.2, 0.25) is 0 Å². The molecule has 0 saturated heterocycles. The number of carbonyl (C=O) groups is 6. The number of carbonyl (C=O) groups excluding carboxylic acids is 6. The van der Waals surface area contributed by atoms with Gasteiger partial charge in [-0.3, -0.25) is 0 Å². The second-order valence-electron chi connectivity index (χ2n) is 4.83. The van der Waals surface area contributed by atoms with Gasteiger partial charge in [-0.25, -0.2) is 0 Å². The summed E-state index contributed by atoms with van der Waals surface area (Å²) in [6, 6.07) is 0. The topological polar surface area (TPSA) is 502 Å². The summed E-state index contributed by atoms with van der Waals surface area (Å²) in [6.45, 7) is 0. The molecule has 24 heteroatoms. The van der Waals surface area contributed by atoms with Crippen molar-refractivity contribution in [3.05, 3.63) is 0 Å². The summed E-state index contributed by atoms with van der Waals surface area (Å²) in [6.07, 6.45) is -5.43. The number of carboxylic acid groups (broad SMARTS) is 6. The molecule has 36 heavy (non-hydrogen) atoms. The molecule has 0 aliphatic heterocycles. The maximum atomic E-state index is 10.1. The number of hydrogen-bond acceptors (Lipinski definition) is 14. The Morgan fingerprint density at radius 1 is 0.417 bits per heavy atom. The largest absolute Gasteiger partial charge is 2.00 e. The van der Waals surface area contributed by atoms with Crippen molar-refractivity contribution < 1.29 is 108 Å². The van der Waals surface area contributed by atoms with Crippen LogP contribution in [-0.4, -0.2) is 242 Å². The third kappa shape index (κ3) is 37.3. The Balaban J connectivity index is -0.0000000250. The van der Waals surface area contributed by atoms with E-state index < -0.39 is 72.7 Å². The zero-order chi connectivity index (χ0) is 21.3. The first kappa shape index (κ1) is 76.8. The zero-order valence-corrected chi connectivity index (χ0v) is 31.6.